The number of amides is 1. The molecule has 31 heavy (non-hydrogen) atoms. The van der Waals surface area contributed by atoms with E-state index in [2.05, 4.69) is 5.32 Å². The maximum Gasteiger partial charge on any atom is 0.336 e. The van der Waals surface area contributed by atoms with E-state index in [1.807, 2.05) is 30.3 Å². The van der Waals surface area contributed by atoms with Crippen LogP contribution in [0.3, 0.4) is 0 Å². The number of carbonyl (C=O) groups excluding carboxylic acids is 1. The first-order valence-corrected chi connectivity index (χ1v) is 9.29. The van der Waals surface area contributed by atoms with Crippen molar-refractivity contribution < 1.29 is 33.8 Å². The molecule has 1 amide bonds. The highest BCUT2D eigenvalue weighted by molar-refractivity contribution is 5.94. The topological polar surface area (TPSA) is 143 Å². The lowest BCUT2D eigenvalue weighted by Gasteiger charge is -2.18. The van der Waals surface area contributed by atoms with E-state index in [-0.39, 0.29) is 11.3 Å². The van der Waals surface area contributed by atoms with Crippen molar-refractivity contribution in [3.63, 3.8) is 0 Å². The van der Waals surface area contributed by atoms with Gasteiger partial charge in [0.15, 0.2) is 6.10 Å². The fourth-order valence-corrected chi connectivity index (χ4v) is 2.99. The molecule has 0 saturated carbocycles. The number of aliphatic carboxylic acids is 2. The summed E-state index contributed by atoms with van der Waals surface area (Å²) in [6, 6.07) is 13.8. The Hall–Kier alpha value is -4.14. The summed E-state index contributed by atoms with van der Waals surface area (Å²) in [6.07, 6.45) is -1.89. The van der Waals surface area contributed by atoms with Gasteiger partial charge in [-0.2, -0.15) is 0 Å². The minimum atomic E-state index is -1.58. The molecule has 9 heteroatoms. The zero-order valence-electron chi connectivity index (χ0n) is 16.4. The summed E-state index contributed by atoms with van der Waals surface area (Å²) in [5.41, 5.74) is 1.22. The Morgan fingerprint density at radius 3 is 2.42 bits per heavy atom. The van der Waals surface area contributed by atoms with Crippen LogP contribution in [0.4, 0.5) is 0 Å². The quantitative estimate of drug-likeness (QED) is 0.467. The fourth-order valence-electron chi connectivity index (χ4n) is 2.99. The zero-order chi connectivity index (χ0) is 22.5. The Balaban J connectivity index is 1.82. The van der Waals surface area contributed by atoms with Crippen molar-refractivity contribution in [1.82, 2.24) is 5.32 Å². The van der Waals surface area contributed by atoms with Crippen LogP contribution in [0.2, 0.25) is 0 Å². The number of hydrogen-bond donors (Lipinski definition) is 3. The van der Waals surface area contributed by atoms with Gasteiger partial charge in [0.05, 0.1) is 6.42 Å². The van der Waals surface area contributed by atoms with Crippen LogP contribution in [0.1, 0.15) is 13.3 Å². The molecule has 1 heterocycles. The maximum absolute atomic E-state index is 12.2. The predicted molar refractivity (Wildman–Crippen MR) is 110 cm³/mol. The first-order chi connectivity index (χ1) is 14.7. The van der Waals surface area contributed by atoms with Gasteiger partial charge in [0, 0.05) is 17.5 Å². The van der Waals surface area contributed by atoms with Crippen molar-refractivity contribution in [2.45, 2.75) is 25.5 Å². The number of carboxylic acids is 2. The summed E-state index contributed by atoms with van der Waals surface area (Å²) >= 11 is 0. The fraction of sp³-hybridized carbons (Fsp3) is 0.182. The molecule has 3 aromatic rings. The highest BCUT2D eigenvalue weighted by atomic mass is 16.5. The first-order valence-electron chi connectivity index (χ1n) is 9.29. The molecule has 1 aromatic heterocycles. The largest absolute Gasteiger partial charge is 0.481 e. The molecule has 0 fully saturated rings. The molecular weight excluding hydrogens is 406 g/mol. The van der Waals surface area contributed by atoms with E-state index in [0.717, 1.165) is 5.56 Å². The smallest absolute Gasteiger partial charge is 0.336 e. The summed E-state index contributed by atoms with van der Waals surface area (Å²) in [7, 11) is 0. The van der Waals surface area contributed by atoms with Gasteiger partial charge in [-0.05, 0) is 30.2 Å². The van der Waals surface area contributed by atoms with Gasteiger partial charge >= 0.3 is 17.6 Å². The number of carboxylic acid groups (broad SMARTS) is 2. The van der Waals surface area contributed by atoms with Crippen molar-refractivity contribution in [2.24, 2.45) is 0 Å². The highest BCUT2D eigenvalue weighted by Gasteiger charge is 2.26. The van der Waals surface area contributed by atoms with Gasteiger partial charge in [-0.3, -0.25) is 9.59 Å². The second-order valence-corrected chi connectivity index (χ2v) is 6.76. The third kappa shape index (κ3) is 5.27. The van der Waals surface area contributed by atoms with Crippen molar-refractivity contribution in [1.29, 1.82) is 0 Å². The molecule has 0 unspecified atom stereocenters. The van der Waals surface area contributed by atoms with E-state index >= 15 is 0 Å². The van der Waals surface area contributed by atoms with E-state index in [0.29, 0.717) is 10.9 Å². The summed E-state index contributed by atoms with van der Waals surface area (Å²) < 4.78 is 10.8. The third-order valence-electron chi connectivity index (χ3n) is 4.48. The Labute approximate surface area is 175 Å². The van der Waals surface area contributed by atoms with Gasteiger partial charge in [0.2, 0.25) is 0 Å². The summed E-state index contributed by atoms with van der Waals surface area (Å²) in [4.78, 5) is 46.1. The molecule has 0 bridgehead atoms. The standard InChI is InChI=1S/C22H19NO8/c1-12(21(27)23-17(22(28)29)11-19(24)25)30-14-7-8-15-16(13-5-3-2-4-6-13)10-20(26)31-18(15)9-14/h2-10,12,17H,11H2,1H3,(H,23,27)(H,24,25)(H,28,29)/t12-,17+/m0/s1. The number of fused-ring (bicyclic) bond motifs is 1. The second kappa shape index (κ2) is 9.12. The molecule has 2 aromatic carbocycles. The lowest BCUT2D eigenvalue weighted by atomic mass is 10.0. The second-order valence-electron chi connectivity index (χ2n) is 6.76. The van der Waals surface area contributed by atoms with Crippen molar-refractivity contribution in [3.8, 4) is 16.9 Å². The Bertz CT molecular complexity index is 1190. The molecule has 0 spiro atoms. The van der Waals surface area contributed by atoms with Crippen LogP contribution in [0.5, 0.6) is 5.75 Å². The van der Waals surface area contributed by atoms with E-state index in [9.17, 15) is 19.2 Å². The first kappa shape index (κ1) is 21.6. The van der Waals surface area contributed by atoms with Gasteiger partial charge in [-0.15, -0.1) is 0 Å². The van der Waals surface area contributed by atoms with Gasteiger partial charge in [-0.1, -0.05) is 30.3 Å². The average molecular weight is 425 g/mol. The molecule has 0 aliphatic carbocycles. The number of hydrogen-bond acceptors (Lipinski definition) is 6. The SMILES string of the molecule is C[C@H](Oc1ccc2c(-c3ccccc3)cc(=O)oc2c1)C(=O)N[C@H](CC(=O)O)C(=O)O. The number of ether oxygens (including phenoxy) is 1. The van der Waals surface area contributed by atoms with Crippen LogP contribution >= 0.6 is 0 Å². The molecule has 0 saturated heterocycles. The van der Waals surface area contributed by atoms with Crippen LogP contribution in [0.15, 0.2) is 63.8 Å². The van der Waals surface area contributed by atoms with Gasteiger partial charge in [0.1, 0.15) is 17.4 Å². The van der Waals surface area contributed by atoms with E-state index < -0.39 is 42.0 Å². The molecule has 2 atom stereocenters. The molecule has 0 aliphatic heterocycles. The van der Waals surface area contributed by atoms with Crippen LogP contribution in [-0.4, -0.2) is 40.2 Å². The summed E-state index contributed by atoms with van der Waals surface area (Å²) in [6.45, 7) is 1.38. The monoisotopic (exact) mass is 425 g/mol. The Kier molecular flexibility index (Phi) is 6.35. The van der Waals surface area contributed by atoms with Gasteiger partial charge in [0.25, 0.3) is 5.91 Å². The number of nitrogens with one attached hydrogen (secondary N) is 1. The van der Waals surface area contributed by atoms with Crippen LogP contribution in [0.25, 0.3) is 22.1 Å². The van der Waals surface area contributed by atoms with E-state index in [1.54, 1.807) is 12.1 Å². The average Bonchev–Trinajstić information content (AvgIpc) is 2.72. The number of rotatable bonds is 8. The van der Waals surface area contributed by atoms with Gasteiger partial charge < -0.3 is 24.7 Å². The van der Waals surface area contributed by atoms with E-state index in [1.165, 1.54) is 19.1 Å². The van der Waals surface area contributed by atoms with Crippen molar-refractivity contribution in [3.05, 3.63) is 65.0 Å². The Morgan fingerprint density at radius 1 is 1.06 bits per heavy atom. The minimum Gasteiger partial charge on any atom is -0.481 e. The molecular formula is C22H19NO8. The van der Waals surface area contributed by atoms with Crippen molar-refractivity contribution in [2.75, 3.05) is 0 Å². The maximum atomic E-state index is 12.2. The van der Waals surface area contributed by atoms with Gasteiger partial charge in [-0.25, -0.2) is 9.59 Å². The molecule has 3 N–H and O–H groups in total. The number of carbonyl (C=O) groups is 3. The highest BCUT2D eigenvalue weighted by Crippen LogP contribution is 2.29. The normalized spacial score (nSPS) is 12.7. The molecule has 160 valence electrons. The summed E-state index contributed by atoms with van der Waals surface area (Å²) in [5, 5.41) is 20.6. The summed E-state index contributed by atoms with van der Waals surface area (Å²) in [5.74, 6) is -3.41. The molecule has 9 nitrogen and oxygen atoms in total. The number of benzene rings is 2. The molecule has 0 radical (unpaired) electrons. The molecule has 0 aliphatic rings. The third-order valence-corrected chi connectivity index (χ3v) is 4.48. The van der Waals surface area contributed by atoms with E-state index in [4.69, 9.17) is 19.4 Å². The van der Waals surface area contributed by atoms with Crippen LogP contribution < -0.4 is 15.7 Å². The Morgan fingerprint density at radius 2 is 1.77 bits per heavy atom. The zero-order valence-corrected chi connectivity index (χ0v) is 16.4. The van der Waals surface area contributed by atoms with Crippen LogP contribution in [-0.2, 0) is 14.4 Å². The lowest BCUT2D eigenvalue weighted by Crippen LogP contribution is -2.47. The molecule has 3 rings (SSSR count). The van der Waals surface area contributed by atoms with Crippen molar-refractivity contribution >= 4 is 28.8 Å². The predicted octanol–water partition coefficient (Wildman–Crippen LogP) is 2.27. The minimum absolute atomic E-state index is 0.216. The van der Waals surface area contributed by atoms with Crippen LogP contribution in [0, 0.1) is 0 Å². The lowest BCUT2D eigenvalue weighted by molar-refractivity contribution is -0.147.